The Bertz CT molecular complexity index is 569. The number of methoxy groups -OCH3 is 2. The molecule has 0 atom stereocenters. The molecule has 0 unspecified atom stereocenters. The second-order valence-electron chi connectivity index (χ2n) is 4.32. The molecule has 0 N–H and O–H groups in total. The molecule has 2 aromatic rings. The molecule has 0 saturated heterocycles. The molecule has 0 amide bonds. The van der Waals surface area contributed by atoms with Crippen molar-refractivity contribution in [3.8, 4) is 23.0 Å². The predicted molar refractivity (Wildman–Crippen MR) is 81.0 cm³/mol. The molecule has 0 bridgehead atoms. The zero-order valence-electron chi connectivity index (χ0n) is 13.1. The number of rotatable bonds is 9. The van der Waals surface area contributed by atoms with E-state index in [0.717, 1.165) is 5.69 Å². The average molecular weight is 496 g/mol. The van der Waals surface area contributed by atoms with Crippen molar-refractivity contribution in [1.82, 2.24) is 9.97 Å². The maximum atomic E-state index is 5.66. The van der Waals surface area contributed by atoms with Crippen molar-refractivity contribution in [2.45, 2.75) is 0 Å². The number of hydrogen-bond acceptors (Lipinski definition) is 6. The molecule has 1 radical (unpaired) electrons. The van der Waals surface area contributed by atoms with E-state index >= 15 is 0 Å². The van der Waals surface area contributed by atoms with Crippen LogP contribution in [0.1, 0.15) is 0 Å². The average Bonchev–Trinajstić information content (AvgIpc) is 2.56. The Labute approximate surface area is 149 Å². The van der Waals surface area contributed by atoms with E-state index < -0.39 is 0 Å². The topological polar surface area (TPSA) is 62.7 Å². The molecule has 7 heteroatoms. The molecule has 0 spiro atoms. The molecule has 0 saturated carbocycles. The Morgan fingerprint density at radius 2 is 1.74 bits per heavy atom. The Morgan fingerprint density at radius 3 is 2.39 bits per heavy atom. The fraction of sp³-hybridized carbons (Fsp3) is 0.375. The molecular formula is C16H19IrN2O4-. The van der Waals surface area contributed by atoms with Crippen LogP contribution < -0.4 is 9.47 Å². The van der Waals surface area contributed by atoms with Crippen LogP contribution in [-0.4, -0.2) is 50.6 Å². The molecule has 0 aromatic carbocycles. The Kier molecular flexibility index (Phi) is 9.40. The second kappa shape index (κ2) is 11.1. The number of aromatic nitrogens is 2. The van der Waals surface area contributed by atoms with Gasteiger partial charge in [0.05, 0.1) is 13.2 Å². The van der Waals surface area contributed by atoms with Crippen LogP contribution in [0.4, 0.5) is 0 Å². The first-order chi connectivity index (χ1) is 10.8. The van der Waals surface area contributed by atoms with Crippen LogP contribution in [0.2, 0.25) is 0 Å². The van der Waals surface area contributed by atoms with E-state index in [1.807, 2.05) is 18.2 Å². The van der Waals surface area contributed by atoms with Gasteiger partial charge >= 0.3 is 0 Å². The molecule has 0 aliphatic heterocycles. The SMILES string of the molecule is COCCOc1c[c-]c(-c2ccccn2)c(OCCOC)n1.[Ir]. The third-order valence-corrected chi connectivity index (χ3v) is 2.75. The van der Waals surface area contributed by atoms with Gasteiger partial charge in [0, 0.05) is 40.5 Å². The first-order valence-corrected chi connectivity index (χ1v) is 6.92. The monoisotopic (exact) mass is 496 g/mol. The Balaban J connectivity index is 0.00000264. The van der Waals surface area contributed by atoms with Crippen molar-refractivity contribution < 1.29 is 39.1 Å². The van der Waals surface area contributed by atoms with Crippen molar-refractivity contribution in [1.29, 1.82) is 0 Å². The molecule has 2 rings (SSSR count). The van der Waals surface area contributed by atoms with Gasteiger partial charge in [-0.25, -0.2) is 0 Å². The standard InChI is InChI=1S/C16H19N2O4.Ir/c1-19-9-11-21-15-7-6-13(14-5-3-4-8-17-14)16(18-15)22-12-10-20-2;/h3-5,7-8H,9-12H2,1-2H3;/q-1;. The summed E-state index contributed by atoms with van der Waals surface area (Å²) in [4.78, 5) is 8.67. The minimum absolute atomic E-state index is 0. The third-order valence-electron chi connectivity index (χ3n) is 2.75. The van der Waals surface area contributed by atoms with Gasteiger partial charge in [-0.05, 0) is 11.8 Å². The van der Waals surface area contributed by atoms with Crippen molar-refractivity contribution in [2.24, 2.45) is 0 Å². The molecule has 6 nitrogen and oxygen atoms in total. The van der Waals surface area contributed by atoms with Crippen molar-refractivity contribution in [3.63, 3.8) is 0 Å². The van der Waals surface area contributed by atoms with Gasteiger partial charge in [0.25, 0.3) is 0 Å². The van der Waals surface area contributed by atoms with E-state index in [2.05, 4.69) is 16.0 Å². The quantitative estimate of drug-likeness (QED) is 0.392. The summed E-state index contributed by atoms with van der Waals surface area (Å²) in [6.45, 7) is 1.76. The van der Waals surface area contributed by atoms with Gasteiger partial charge in [0.2, 0.25) is 0 Å². The molecule has 127 valence electrons. The summed E-state index contributed by atoms with van der Waals surface area (Å²) < 4.78 is 21.1. The van der Waals surface area contributed by atoms with E-state index in [1.54, 1.807) is 26.5 Å². The first kappa shape index (κ1) is 19.5. The van der Waals surface area contributed by atoms with Crippen LogP contribution in [-0.2, 0) is 29.6 Å². The fourth-order valence-electron chi connectivity index (χ4n) is 1.71. The van der Waals surface area contributed by atoms with Gasteiger partial charge in [-0.15, -0.1) is 6.07 Å². The summed E-state index contributed by atoms with van der Waals surface area (Å²) in [5.74, 6) is 0.856. The molecule has 2 aromatic heterocycles. The summed E-state index contributed by atoms with van der Waals surface area (Å²) >= 11 is 0. The smallest absolute Gasteiger partial charge is 0.130 e. The summed E-state index contributed by atoms with van der Waals surface area (Å²) in [5, 5.41) is 0. The molecule has 2 heterocycles. The summed E-state index contributed by atoms with van der Waals surface area (Å²) in [6.07, 6.45) is 1.71. The van der Waals surface area contributed by atoms with Crippen LogP contribution in [0.5, 0.6) is 11.8 Å². The van der Waals surface area contributed by atoms with E-state index in [9.17, 15) is 0 Å². The largest absolute Gasteiger partial charge is 0.518 e. The zero-order valence-corrected chi connectivity index (χ0v) is 15.5. The van der Waals surface area contributed by atoms with Gasteiger partial charge in [-0.1, -0.05) is 23.8 Å². The van der Waals surface area contributed by atoms with Crippen molar-refractivity contribution in [3.05, 3.63) is 36.5 Å². The fourth-order valence-corrected chi connectivity index (χ4v) is 1.71. The van der Waals surface area contributed by atoms with Crippen LogP contribution >= 0.6 is 0 Å². The van der Waals surface area contributed by atoms with E-state index in [0.29, 0.717) is 43.8 Å². The van der Waals surface area contributed by atoms with E-state index in [1.165, 1.54) is 0 Å². The van der Waals surface area contributed by atoms with Crippen molar-refractivity contribution in [2.75, 3.05) is 40.6 Å². The summed E-state index contributed by atoms with van der Waals surface area (Å²) in [5.41, 5.74) is 1.43. The summed E-state index contributed by atoms with van der Waals surface area (Å²) in [7, 11) is 3.24. The van der Waals surface area contributed by atoms with Crippen LogP contribution in [0.25, 0.3) is 11.3 Å². The van der Waals surface area contributed by atoms with Gasteiger partial charge in [0.15, 0.2) is 0 Å². The minimum atomic E-state index is 0. The molecule has 23 heavy (non-hydrogen) atoms. The van der Waals surface area contributed by atoms with Gasteiger partial charge in [0.1, 0.15) is 25.0 Å². The molecule has 0 aliphatic carbocycles. The number of hydrogen-bond donors (Lipinski definition) is 0. The second-order valence-corrected chi connectivity index (χ2v) is 4.32. The normalized spacial score (nSPS) is 10.0. The number of pyridine rings is 2. The molecule has 0 aliphatic rings. The molecule has 0 fully saturated rings. The summed E-state index contributed by atoms with van der Waals surface area (Å²) in [6, 6.07) is 10.4. The molecular weight excluding hydrogens is 476 g/mol. The first-order valence-electron chi connectivity index (χ1n) is 6.92. The number of nitrogens with zero attached hydrogens (tertiary/aromatic N) is 2. The van der Waals surface area contributed by atoms with Crippen LogP contribution in [0.15, 0.2) is 30.5 Å². The predicted octanol–water partition coefficient (Wildman–Crippen LogP) is 1.99. The third kappa shape index (κ3) is 6.23. The van der Waals surface area contributed by atoms with E-state index in [4.69, 9.17) is 18.9 Å². The van der Waals surface area contributed by atoms with Crippen LogP contribution in [0, 0.1) is 6.07 Å². The van der Waals surface area contributed by atoms with E-state index in [-0.39, 0.29) is 20.1 Å². The Hall–Kier alpha value is -1.53. The zero-order chi connectivity index (χ0) is 15.6. The van der Waals surface area contributed by atoms with Gasteiger partial charge in [-0.3, -0.25) is 4.98 Å². The van der Waals surface area contributed by atoms with Crippen molar-refractivity contribution >= 4 is 0 Å². The Morgan fingerprint density at radius 1 is 1.00 bits per heavy atom. The van der Waals surface area contributed by atoms with Crippen LogP contribution in [0.3, 0.4) is 0 Å². The van der Waals surface area contributed by atoms with Gasteiger partial charge < -0.3 is 23.9 Å². The maximum Gasteiger partial charge on any atom is 0.130 e. The van der Waals surface area contributed by atoms with Gasteiger partial charge in [-0.2, -0.15) is 0 Å². The maximum absolute atomic E-state index is 5.66. The minimum Gasteiger partial charge on any atom is -0.518 e. The number of ether oxygens (including phenoxy) is 4.